The normalized spacial score (nSPS) is 20.1. The maximum Gasteiger partial charge on any atom is 0.416 e. The molecule has 0 bridgehead atoms. The van der Waals surface area contributed by atoms with Gasteiger partial charge >= 0.3 is 12.1 Å². The molecule has 1 N–H and O–H groups in total. The Hall–Kier alpha value is -3.29. The quantitative estimate of drug-likeness (QED) is 0.616. The summed E-state index contributed by atoms with van der Waals surface area (Å²) in [7, 11) is 1.33. The Morgan fingerprint density at radius 3 is 2.36 bits per heavy atom. The van der Waals surface area contributed by atoms with Gasteiger partial charge in [0.1, 0.15) is 0 Å². The van der Waals surface area contributed by atoms with Gasteiger partial charge in [0.15, 0.2) is 5.96 Å². The Kier molecular flexibility index (Phi) is 6.44. The number of carbonyl (C=O) groups is 1. The molecular weight excluding hydrogens is 431 g/mol. The van der Waals surface area contributed by atoms with Crippen LogP contribution in [0.5, 0.6) is 0 Å². The molecule has 5 nitrogen and oxygen atoms in total. The second-order valence-electron chi connectivity index (χ2n) is 8.37. The summed E-state index contributed by atoms with van der Waals surface area (Å²) in [6, 6.07) is 14.2. The molecule has 1 heterocycles. The average Bonchev–Trinajstić information content (AvgIpc) is 3.63. The molecule has 1 fully saturated rings. The van der Waals surface area contributed by atoms with Gasteiger partial charge in [-0.1, -0.05) is 42.5 Å². The number of halogens is 3. The van der Waals surface area contributed by atoms with Gasteiger partial charge in [0, 0.05) is 12.2 Å². The number of esters is 1. The number of ether oxygens (including phenoxy) is 1. The van der Waals surface area contributed by atoms with Crippen molar-refractivity contribution in [3.8, 4) is 0 Å². The lowest BCUT2D eigenvalue weighted by molar-refractivity contribution is -0.138. The smallest absolute Gasteiger partial charge is 0.416 e. The van der Waals surface area contributed by atoms with Crippen molar-refractivity contribution >= 4 is 11.9 Å². The van der Waals surface area contributed by atoms with Crippen molar-refractivity contribution in [2.45, 2.75) is 38.5 Å². The minimum atomic E-state index is -4.39. The molecule has 0 radical (unpaired) electrons. The number of nitrogens with one attached hydrogen (secondary N) is 1. The summed E-state index contributed by atoms with van der Waals surface area (Å²) in [5.74, 6) is 0.682. The summed E-state index contributed by atoms with van der Waals surface area (Å²) in [6.45, 7) is 2.75. The van der Waals surface area contributed by atoms with Crippen molar-refractivity contribution in [3.63, 3.8) is 0 Å². The second-order valence-corrected chi connectivity index (χ2v) is 8.37. The van der Waals surface area contributed by atoms with Crippen LogP contribution in [0.4, 0.5) is 13.2 Å². The van der Waals surface area contributed by atoms with Gasteiger partial charge in [-0.05, 0) is 48.9 Å². The molecule has 1 saturated carbocycles. The van der Waals surface area contributed by atoms with Crippen LogP contribution in [0.15, 0.2) is 70.9 Å². The van der Waals surface area contributed by atoms with E-state index in [9.17, 15) is 18.0 Å². The van der Waals surface area contributed by atoms with Gasteiger partial charge in [-0.25, -0.2) is 4.79 Å². The molecule has 174 valence electrons. The van der Waals surface area contributed by atoms with Crippen LogP contribution in [-0.2, 0) is 22.3 Å². The van der Waals surface area contributed by atoms with Gasteiger partial charge in [0.05, 0.1) is 30.8 Å². The number of methoxy groups -OCH3 is 1. The summed E-state index contributed by atoms with van der Waals surface area (Å²) in [5.41, 5.74) is 1.97. The zero-order valence-electron chi connectivity index (χ0n) is 18.5. The third-order valence-electron chi connectivity index (χ3n) is 5.97. The molecule has 1 aliphatic carbocycles. The van der Waals surface area contributed by atoms with Gasteiger partial charge in [0.2, 0.25) is 0 Å². The summed E-state index contributed by atoms with van der Waals surface area (Å²) in [4.78, 5) is 19.4. The zero-order valence-corrected chi connectivity index (χ0v) is 18.5. The largest absolute Gasteiger partial charge is 0.466 e. The molecular formula is C25H26F3N3O2. The Labute approximate surface area is 191 Å². The molecule has 1 unspecified atom stereocenters. The minimum absolute atomic E-state index is 0.266. The van der Waals surface area contributed by atoms with Crippen molar-refractivity contribution in [1.29, 1.82) is 0 Å². The van der Waals surface area contributed by atoms with Crippen molar-refractivity contribution in [3.05, 3.63) is 82.6 Å². The van der Waals surface area contributed by atoms with Crippen molar-refractivity contribution in [1.82, 2.24) is 10.2 Å². The number of hydrogen-bond donors (Lipinski definition) is 1. The first-order valence-electron chi connectivity index (χ1n) is 10.9. The van der Waals surface area contributed by atoms with E-state index in [4.69, 9.17) is 9.73 Å². The third kappa shape index (κ3) is 5.21. The van der Waals surface area contributed by atoms with E-state index in [0.717, 1.165) is 30.5 Å². The lowest BCUT2D eigenvalue weighted by Crippen LogP contribution is -2.48. The number of guanidine groups is 1. The predicted molar refractivity (Wildman–Crippen MR) is 119 cm³/mol. The number of allylic oxidation sites excluding steroid dienone is 1. The van der Waals surface area contributed by atoms with Crippen LogP contribution < -0.4 is 5.32 Å². The molecule has 2 aliphatic rings. The zero-order chi connectivity index (χ0) is 23.6. The summed E-state index contributed by atoms with van der Waals surface area (Å²) < 4.78 is 44.0. The second kappa shape index (κ2) is 9.29. The van der Waals surface area contributed by atoms with Crippen molar-refractivity contribution in [2.75, 3.05) is 13.7 Å². The van der Waals surface area contributed by atoms with E-state index in [2.05, 4.69) is 5.32 Å². The van der Waals surface area contributed by atoms with Crippen LogP contribution in [0.1, 0.15) is 42.5 Å². The maximum atomic E-state index is 13.0. The Balaban J connectivity index is 1.73. The standard InChI is InChI=1S/C25H26F3N3O2/c1-16-21(23(32)33-2)22(19-6-4-3-5-7-19)30-24(29-14-17-8-9-17)31(16)15-18-10-12-20(13-11-18)25(26,27)28/h3-7,10-13,17,22H,8-9,14-15H2,1-2H3,(H,29,30). The number of carbonyl (C=O) groups excluding carboxylic acids is 1. The highest BCUT2D eigenvalue weighted by molar-refractivity contribution is 5.96. The lowest BCUT2D eigenvalue weighted by atomic mass is 9.94. The first-order chi connectivity index (χ1) is 15.8. The number of alkyl halides is 3. The van der Waals surface area contributed by atoms with Gasteiger partial charge in [-0.2, -0.15) is 13.2 Å². The Morgan fingerprint density at radius 2 is 1.79 bits per heavy atom. The first kappa shape index (κ1) is 22.9. The van der Waals surface area contributed by atoms with E-state index in [0.29, 0.717) is 35.3 Å². The topological polar surface area (TPSA) is 53.9 Å². The SMILES string of the molecule is COC(=O)C1=C(C)N(Cc2ccc(C(F)(F)F)cc2)C(=NCC2CC2)NC1c1ccccc1. The fraction of sp³-hybridized carbons (Fsp3) is 0.360. The summed E-state index contributed by atoms with van der Waals surface area (Å²) >= 11 is 0. The van der Waals surface area contributed by atoms with Crippen LogP contribution in [0, 0.1) is 5.92 Å². The van der Waals surface area contributed by atoms with Gasteiger partial charge in [0.25, 0.3) is 0 Å². The monoisotopic (exact) mass is 457 g/mol. The van der Waals surface area contributed by atoms with Crippen LogP contribution in [0.3, 0.4) is 0 Å². The fourth-order valence-electron chi connectivity index (χ4n) is 3.89. The molecule has 4 rings (SSSR count). The molecule has 2 aromatic carbocycles. The molecule has 2 aromatic rings. The molecule has 0 spiro atoms. The number of benzene rings is 2. The number of aliphatic imine (C=N–C) groups is 1. The molecule has 1 atom stereocenters. The third-order valence-corrected chi connectivity index (χ3v) is 5.97. The Bertz CT molecular complexity index is 1060. The number of hydrogen-bond acceptors (Lipinski definition) is 3. The molecule has 0 amide bonds. The maximum absolute atomic E-state index is 13.0. The van der Waals surface area contributed by atoms with E-state index < -0.39 is 23.8 Å². The summed E-state index contributed by atoms with van der Waals surface area (Å²) in [5, 5.41) is 3.39. The van der Waals surface area contributed by atoms with E-state index in [1.54, 1.807) is 0 Å². The van der Waals surface area contributed by atoms with E-state index in [-0.39, 0.29) is 6.54 Å². The first-order valence-corrected chi connectivity index (χ1v) is 10.9. The molecule has 0 aromatic heterocycles. The van der Waals surface area contributed by atoms with Crippen LogP contribution in [0.2, 0.25) is 0 Å². The highest BCUT2D eigenvalue weighted by Gasteiger charge is 2.36. The Morgan fingerprint density at radius 1 is 1.12 bits per heavy atom. The van der Waals surface area contributed by atoms with E-state index >= 15 is 0 Å². The van der Waals surface area contributed by atoms with Crippen molar-refractivity contribution < 1.29 is 22.7 Å². The number of rotatable bonds is 6. The molecule has 8 heteroatoms. The van der Waals surface area contributed by atoms with Gasteiger partial charge in [-0.3, -0.25) is 4.99 Å². The summed E-state index contributed by atoms with van der Waals surface area (Å²) in [6.07, 6.45) is -2.11. The van der Waals surface area contributed by atoms with Gasteiger partial charge in [-0.15, -0.1) is 0 Å². The van der Waals surface area contributed by atoms with Crippen LogP contribution in [-0.4, -0.2) is 30.5 Å². The fourth-order valence-corrected chi connectivity index (χ4v) is 3.89. The highest BCUT2D eigenvalue weighted by atomic mass is 19.4. The van der Waals surface area contributed by atoms with E-state index in [1.807, 2.05) is 42.2 Å². The van der Waals surface area contributed by atoms with Crippen LogP contribution in [0.25, 0.3) is 0 Å². The molecule has 1 aliphatic heterocycles. The van der Waals surface area contributed by atoms with Crippen LogP contribution >= 0.6 is 0 Å². The molecule has 0 saturated heterocycles. The van der Waals surface area contributed by atoms with Gasteiger partial charge < -0.3 is 15.0 Å². The lowest BCUT2D eigenvalue weighted by Gasteiger charge is -2.38. The van der Waals surface area contributed by atoms with Crippen molar-refractivity contribution in [2.24, 2.45) is 10.9 Å². The minimum Gasteiger partial charge on any atom is -0.466 e. The molecule has 33 heavy (non-hydrogen) atoms. The predicted octanol–water partition coefficient (Wildman–Crippen LogP) is 5.06. The number of nitrogens with zero attached hydrogens (tertiary/aromatic N) is 2. The van der Waals surface area contributed by atoms with E-state index in [1.165, 1.54) is 19.2 Å². The average molecular weight is 457 g/mol. The highest BCUT2D eigenvalue weighted by Crippen LogP contribution is 2.34.